The number of ether oxygens (including phenoxy) is 1. The van der Waals surface area contributed by atoms with Gasteiger partial charge in [-0.2, -0.15) is 0 Å². The van der Waals surface area contributed by atoms with E-state index < -0.39 is 0 Å². The number of carbonyl (C=O) groups excluding carboxylic acids is 1. The lowest BCUT2D eigenvalue weighted by Gasteiger charge is -2.46. The van der Waals surface area contributed by atoms with Crippen molar-refractivity contribution in [2.75, 3.05) is 13.2 Å². The molecule has 0 saturated heterocycles. The summed E-state index contributed by atoms with van der Waals surface area (Å²) in [5.74, 6) is 0.670. The fraction of sp³-hybridized carbons (Fsp3) is 0.909. The Morgan fingerprint density at radius 3 is 2.57 bits per heavy atom. The van der Waals surface area contributed by atoms with E-state index >= 15 is 0 Å². The lowest BCUT2D eigenvalue weighted by atomic mass is 9.67. The van der Waals surface area contributed by atoms with Crippen molar-refractivity contribution in [3.8, 4) is 0 Å². The number of esters is 1. The first-order chi connectivity index (χ1) is 6.62. The molecule has 0 spiro atoms. The van der Waals surface area contributed by atoms with Crippen molar-refractivity contribution in [2.45, 2.75) is 45.6 Å². The summed E-state index contributed by atoms with van der Waals surface area (Å²) in [6, 6.07) is 0. The minimum Gasteiger partial charge on any atom is -0.466 e. The minimum atomic E-state index is -0.0691. The molecule has 1 saturated carbocycles. The van der Waals surface area contributed by atoms with E-state index in [2.05, 4.69) is 19.2 Å². The average molecular weight is 199 g/mol. The lowest BCUT2D eigenvalue weighted by molar-refractivity contribution is -0.146. The molecule has 0 amide bonds. The van der Waals surface area contributed by atoms with Crippen molar-refractivity contribution in [1.82, 2.24) is 5.32 Å². The molecule has 82 valence electrons. The Labute approximate surface area is 86.2 Å². The molecule has 1 N–H and O–H groups in total. The molecule has 14 heavy (non-hydrogen) atoms. The molecule has 0 atom stereocenters. The van der Waals surface area contributed by atoms with Gasteiger partial charge in [0, 0.05) is 5.54 Å². The third-order valence-corrected chi connectivity index (χ3v) is 2.82. The molecular formula is C11H21NO2. The van der Waals surface area contributed by atoms with Crippen LogP contribution in [0.3, 0.4) is 0 Å². The molecular weight excluding hydrogens is 178 g/mol. The van der Waals surface area contributed by atoms with Gasteiger partial charge in [-0.1, -0.05) is 13.8 Å². The van der Waals surface area contributed by atoms with Crippen LogP contribution in [-0.4, -0.2) is 24.7 Å². The number of hydrogen-bond acceptors (Lipinski definition) is 3. The molecule has 1 aliphatic carbocycles. The maximum atomic E-state index is 11.4. The number of carbonyl (C=O) groups is 1. The SMILES string of the molecule is CCNC1(CC(=O)OCC)CC(C)C1. The maximum absolute atomic E-state index is 11.4. The molecule has 0 aromatic heterocycles. The van der Waals surface area contributed by atoms with Crippen LogP contribution in [0.5, 0.6) is 0 Å². The monoisotopic (exact) mass is 199 g/mol. The first kappa shape index (κ1) is 11.5. The Balaban J connectivity index is 2.40. The van der Waals surface area contributed by atoms with E-state index in [4.69, 9.17) is 4.74 Å². The van der Waals surface area contributed by atoms with E-state index in [1.165, 1.54) is 0 Å². The largest absolute Gasteiger partial charge is 0.466 e. The van der Waals surface area contributed by atoms with Crippen LogP contribution in [0.2, 0.25) is 0 Å². The van der Waals surface area contributed by atoms with Crippen molar-refractivity contribution in [1.29, 1.82) is 0 Å². The highest BCUT2D eigenvalue weighted by Crippen LogP contribution is 2.40. The molecule has 0 aliphatic heterocycles. The molecule has 1 rings (SSSR count). The van der Waals surface area contributed by atoms with Crippen LogP contribution in [-0.2, 0) is 9.53 Å². The van der Waals surface area contributed by atoms with Gasteiger partial charge >= 0.3 is 5.97 Å². The Hall–Kier alpha value is -0.570. The zero-order valence-electron chi connectivity index (χ0n) is 9.43. The summed E-state index contributed by atoms with van der Waals surface area (Å²) in [7, 11) is 0. The van der Waals surface area contributed by atoms with Crippen LogP contribution in [0, 0.1) is 5.92 Å². The molecule has 0 bridgehead atoms. The topological polar surface area (TPSA) is 38.3 Å². The molecule has 0 radical (unpaired) electrons. The van der Waals surface area contributed by atoms with E-state index in [1.807, 2.05) is 6.92 Å². The Morgan fingerprint density at radius 1 is 1.50 bits per heavy atom. The summed E-state index contributed by atoms with van der Waals surface area (Å²) < 4.78 is 4.98. The number of nitrogens with one attached hydrogen (secondary N) is 1. The van der Waals surface area contributed by atoms with E-state index in [9.17, 15) is 4.79 Å². The highest BCUT2D eigenvalue weighted by molar-refractivity contribution is 5.71. The van der Waals surface area contributed by atoms with Gasteiger partial charge in [-0.25, -0.2) is 0 Å². The molecule has 0 unspecified atom stereocenters. The van der Waals surface area contributed by atoms with Crippen LogP contribution >= 0.6 is 0 Å². The normalized spacial score (nSPS) is 30.9. The van der Waals surface area contributed by atoms with Crippen molar-refractivity contribution in [3.05, 3.63) is 0 Å². The lowest BCUT2D eigenvalue weighted by Crippen LogP contribution is -2.55. The molecule has 0 aromatic carbocycles. The Kier molecular flexibility index (Phi) is 3.93. The highest BCUT2D eigenvalue weighted by atomic mass is 16.5. The molecule has 3 nitrogen and oxygen atoms in total. The van der Waals surface area contributed by atoms with Crippen LogP contribution in [0.15, 0.2) is 0 Å². The van der Waals surface area contributed by atoms with Gasteiger partial charge in [0.2, 0.25) is 0 Å². The van der Waals surface area contributed by atoms with E-state index in [1.54, 1.807) is 0 Å². The quantitative estimate of drug-likeness (QED) is 0.685. The van der Waals surface area contributed by atoms with Gasteiger partial charge in [-0.3, -0.25) is 4.79 Å². The smallest absolute Gasteiger partial charge is 0.307 e. The van der Waals surface area contributed by atoms with Gasteiger partial charge in [0.25, 0.3) is 0 Å². The fourth-order valence-electron chi connectivity index (χ4n) is 2.49. The number of rotatable bonds is 5. The summed E-state index contributed by atoms with van der Waals surface area (Å²) in [6.45, 7) is 7.56. The Bertz CT molecular complexity index is 192. The molecule has 0 heterocycles. The summed E-state index contributed by atoms with van der Waals surface area (Å²) in [4.78, 5) is 11.4. The summed E-state index contributed by atoms with van der Waals surface area (Å²) in [5, 5.41) is 3.41. The van der Waals surface area contributed by atoms with Crippen LogP contribution < -0.4 is 5.32 Å². The second kappa shape index (κ2) is 4.78. The fourth-order valence-corrected chi connectivity index (χ4v) is 2.49. The van der Waals surface area contributed by atoms with Gasteiger partial charge in [0.05, 0.1) is 13.0 Å². The second-order valence-electron chi connectivity index (χ2n) is 4.31. The second-order valence-corrected chi connectivity index (χ2v) is 4.31. The number of hydrogen-bond donors (Lipinski definition) is 1. The zero-order chi connectivity index (χ0) is 10.6. The minimum absolute atomic E-state index is 0.0421. The maximum Gasteiger partial charge on any atom is 0.307 e. The predicted molar refractivity (Wildman–Crippen MR) is 56.1 cm³/mol. The van der Waals surface area contributed by atoms with Crippen molar-refractivity contribution < 1.29 is 9.53 Å². The predicted octanol–water partition coefficient (Wildman–Crippen LogP) is 1.72. The first-order valence-electron chi connectivity index (χ1n) is 5.52. The van der Waals surface area contributed by atoms with Crippen LogP contribution in [0.1, 0.15) is 40.0 Å². The van der Waals surface area contributed by atoms with Crippen LogP contribution in [0.25, 0.3) is 0 Å². The van der Waals surface area contributed by atoms with Crippen molar-refractivity contribution in [2.24, 2.45) is 5.92 Å². The third-order valence-electron chi connectivity index (χ3n) is 2.82. The van der Waals surface area contributed by atoms with Gasteiger partial charge in [-0.05, 0) is 32.2 Å². The van der Waals surface area contributed by atoms with Gasteiger partial charge < -0.3 is 10.1 Å². The molecule has 1 fully saturated rings. The zero-order valence-corrected chi connectivity index (χ0v) is 9.43. The average Bonchev–Trinajstić information content (AvgIpc) is 2.02. The standard InChI is InChI=1S/C11H21NO2/c1-4-12-11(6-9(3)7-11)8-10(13)14-5-2/h9,12H,4-8H2,1-3H3. The van der Waals surface area contributed by atoms with Gasteiger partial charge in [-0.15, -0.1) is 0 Å². The highest BCUT2D eigenvalue weighted by Gasteiger charge is 2.43. The van der Waals surface area contributed by atoms with E-state index in [-0.39, 0.29) is 11.5 Å². The summed E-state index contributed by atoms with van der Waals surface area (Å²) >= 11 is 0. The molecule has 1 aliphatic rings. The van der Waals surface area contributed by atoms with Crippen molar-refractivity contribution >= 4 is 5.97 Å². The van der Waals surface area contributed by atoms with E-state index in [0.717, 1.165) is 25.3 Å². The molecule has 3 heteroatoms. The van der Waals surface area contributed by atoms with Gasteiger partial charge in [0.1, 0.15) is 0 Å². The van der Waals surface area contributed by atoms with Gasteiger partial charge in [0.15, 0.2) is 0 Å². The van der Waals surface area contributed by atoms with E-state index in [0.29, 0.717) is 13.0 Å². The van der Waals surface area contributed by atoms with Crippen LogP contribution in [0.4, 0.5) is 0 Å². The Morgan fingerprint density at radius 2 is 2.14 bits per heavy atom. The summed E-state index contributed by atoms with van der Waals surface area (Å²) in [6.07, 6.45) is 2.72. The first-order valence-corrected chi connectivity index (χ1v) is 5.52. The molecule has 0 aromatic rings. The third kappa shape index (κ3) is 2.71. The summed E-state index contributed by atoms with van der Waals surface area (Å²) in [5.41, 5.74) is 0.0421. The van der Waals surface area contributed by atoms with Crippen molar-refractivity contribution in [3.63, 3.8) is 0 Å².